The Labute approximate surface area is 163 Å². The third-order valence-corrected chi connectivity index (χ3v) is 6.60. The van der Waals surface area contributed by atoms with E-state index >= 15 is 0 Å². The zero-order valence-corrected chi connectivity index (χ0v) is 16.4. The van der Waals surface area contributed by atoms with E-state index in [2.05, 4.69) is 0 Å². The third kappa shape index (κ3) is 3.85. The highest BCUT2D eigenvalue weighted by atomic mass is 32.2. The van der Waals surface area contributed by atoms with E-state index in [1.54, 1.807) is 23.1 Å². The molecule has 0 spiro atoms. The maximum Gasteiger partial charge on any atom is 0.254 e. The molecule has 0 radical (unpaired) electrons. The van der Waals surface area contributed by atoms with Crippen LogP contribution < -0.4 is 4.90 Å². The minimum atomic E-state index is -4.32. The van der Waals surface area contributed by atoms with E-state index in [-0.39, 0.29) is 32.1 Å². The summed E-state index contributed by atoms with van der Waals surface area (Å²) in [5.41, 5.74) is 1.38. The predicted octanol–water partition coefficient (Wildman–Crippen LogP) is 2.18. The van der Waals surface area contributed by atoms with E-state index in [1.165, 1.54) is 0 Å². The van der Waals surface area contributed by atoms with Crippen molar-refractivity contribution in [2.75, 3.05) is 45.2 Å². The van der Waals surface area contributed by atoms with Crippen LogP contribution in [0.2, 0.25) is 0 Å². The van der Waals surface area contributed by atoms with Gasteiger partial charge in [0.2, 0.25) is 10.0 Å². The summed E-state index contributed by atoms with van der Waals surface area (Å²) < 4.78 is 54.1. The first-order valence-corrected chi connectivity index (χ1v) is 10.2. The number of rotatable bonds is 4. The van der Waals surface area contributed by atoms with E-state index in [4.69, 9.17) is 0 Å². The summed E-state index contributed by atoms with van der Waals surface area (Å²) in [6.07, 6.45) is 0. The molecule has 28 heavy (non-hydrogen) atoms. The van der Waals surface area contributed by atoms with Crippen molar-refractivity contribution in [1.29, 1.82) is 0 Å². The number of piperazine rings is 1. The van der Waals surface area contributed by atoms with Crippen LogP contribution in [0.25, 0.3) is 0 Å². The van der Waals surface area contributed by atoms with Crippen LogP contribution >= 0.6 is 0 Å². The van der Waals surface area contributed by atoms with Gasteiger partial charge in [-0.25, -0.2) is 17.2 Å². The summed E-state index contributed by atoms with van der Waals surface area (Å²) in [4.78, 5) is 15.2. The monoisotopic (exact) mass is 409 g/mol. The molecular formula is C19H21F2N3O3S. The van der Waals surface area contributed by atoms with Gasteiger partial charge >= 0.3 is 0 Å². The second kappa shape index (κ2) is 7.84. The number of nitrogens with zero attached hydrogens (tertiary/aromatic N) is 3. The van der Waals surface area contributed by atoms with Gasteiger partial charge < -0.3 is 9.80 Å². The number of hydrogen-bond acceptors (Lipinski definition) is 4. The van der Waals surface area contributed by atoms with Gasteiger partial charge in [-0.2, -0.15) is 4.31 Å². The maximum atomic E-state index is 13.9. The molecule has 0 saturated carbocycles. The number of amides is 1. The number of halogens is 2. The molecule has 150 valence electrons. The molecule has 3 rings (SSSR count). The Kier molecular flexibility index (Phi) is 5.66. The Morgan fingerprint density at radius 2 is 1.54 bits per heavy atom. The lowest BCUT2D eigenvalue weighted by Crippen LogP contribution is -2.50. The molecule has 6 nitrogen and oxygen atoms in total. The molecule has 0 unspecified atom stereocenters. The van der Waals surface area contributed by atoms with Gasteiger partial charge in [0.25, 0.3) is 5.91 Å². The first kappa shape index (κ1) is 20.2. The van der Waals surface area contributed by atoms with E-state index in [0.29, 0.717) is 5.56 Å². The topological polar surface area (TPSA) is 60.9 Å². The molecule has 1 aliphatic heterocycles. The SMILES string of the molecule is CN(C)c1cccc(C(=O)N2CCN(S(=O)(=O)c3c(F)cccc3F)CC2)c1. The van der Waals surface area contributed by atoms with Crippen LogP contribution in [-0.4, -0.2) is 63.8 Å². The molecule has 1 heterocycles. The highest BCUT2D eigenvalue weighted by molar-refractivity contribution is 7.89. The van der Waals surface area contributed by atoms with Crippen LogP contribution in [-0.2, 0) is 10.0 Å². The summed E-state index contributed by atoms with van der Waals surface area (Å²) in [6, 6.07) is 10.1. The quantitative estimate of drug-likeness (QED) is 0.777. The average Bonchev–Trinajstić information content (AvgIpc) is 2.67. The Morgan fingerprint density at radius 1 is 0.964 bits per heavy atom. The van der Waals surface area contributed by atoms with Crippen molar-refractivity contribution >= 4 is 21.6 Å². The van der Waals surface area contributed by atoms with Crippen LogP contribution in [0.5, 0.6) is 0 Å². The number of carbonyl (C=O) groups is 1. The Balaban J connectivity index is 1.74. The van der Waals surface area contributed by atoms with E-state index in [9.17, 15) is 22.0 Å². The Bertz CT molecular complexity index is 967. The maximum absolute atomic E-state index is 13.9. The number of sulfonamides is 1. The third-order valence-electron chi connectivity index (χ3n) is 4.65. The second-order valence-electron chi connectivity index (χ2n) is 6.69. The summed E-state index contributed by atoms with van der Waals surface area (Å²) >= 11 is 0. The van der Waals surface area contributed by atoms with Gasteiger partial charge in [0.05, 0.1) is 0 Å². The van der Waals surface area contributed by atoms with Crippen molar-refractivity contribution in [1.82, 2.24) is 9.21 Å². The van der Waals surface area contributed by atoms with Gasteiger partial charge in [-0.05, 0) is 30.3 Å². The molecular weight excluding hydrogens is 388 g/mol. The van der Waals surface area contributed by atoms with Gasteiger partial charge in [0.1, 0.15) is 11.6 Å². The molecule has 0 N–H and O–H groups in total. The number of hydrogen-bond donors (Lipinski definition) is 0. The van der Waals surface area contributed by atoms with Gasteiger partial charge in [-0.1, -0.05) is 12.1 Å². The zero-order valence-electron chi connectivity index (χ0n) is 15.6. The van der Waals surface area contributed by atoms with Crippen molar-refractivity contribution in [2.24, 2.45) is 0 Å². The molecule has 1 amide bonds. The predicted molar refractivity (Wildman–Crippen MR) is 102 cm³/mol. The molecule has 0 atom stereocenters. The molecule has 1 saturated heterocycles. The second-order valence-corrected chi connectivity index (χ2v) is 8.57. The zero-order chi connectivity index (χ0) is 20.5. The van der Waals surface area contributed by atoms with Crippen molar-refractivity contribution < 1.29 is 22.0 Å². The first-order chi connectivity index (χ1) is 13.2. The molecule has 1 fully saturated rings. The molecule has 0 aliphatic carbocycles. The van der Waals surface area contributed by atoms with Crippen LogP contribution in [0, 0.1) is 11.6 Å². The van der Waals surface area contributed by atoms with Crippen LogP contribution in [0.3, 0.4) is 0 Å². The fraction of sp³-hybridized carbons (Fsp3) is 0.316. The lowest BCUT2D eigenvalue weighted by molar-refractivity contribution is 0.0697. The van der Waals surface area contributed by atoms with E-state index in [1.807, 2.05) is 25.1 Å². The molecule has 2 aromatic rings. The van der Waals surface area contributed by atoms with Crippen LogP contribution in [0.15, 0.2) is 47.4 Å². The standard InChI is InChI=1S/C19H21F2N3O3S/c1-22(2)15-6-3-5-14(13-15)19(25)23-9-11-24(12-10-23)28(26,27)18-16(20)7-4-8-17(18)21/h3-8,13H,9-12H2,1-2H3. The number of anilines is 1. The summed E-state index contributed by atoms with van der Waals surface area (Å²) in [6.45, 7) is 0.213. The van der Waals surface area contributed by atoms with Gasteiger partial charge in [0.15, 0.2) is 4.90 Å². The highest BCUT2D eigenvalue weighted by Gasteiger charge is 2.34. The van der Waals surface area contributed by atoms with Crippen molar-refractivity contribution in [3.8, 4) is 0 Å². The van der Waals surface area contributed by atoms with Crippen LogP contribution in [0.4, 0.5) is 14.5 Å². The van der Waals surface area contributed by atoms with Gasteiger partial charge in [0, 0.05) is 51.5 Å². The fourth-order valence-corrected chi connectivity index (χ4v) is 4.62. The van der Waals surface area contributed by atoms with Crippen molar-refractivity contribution in [3.63, 3.8) is 0 Å². The lowest BCUT2D eigenvalue weighted by atomic mass is 10.1. The smallest absolute Gasteiger partial charge is 0.254 e. The average molecular weight is 409 g/mol. The van der Waals surface area contributed by atoms with Crippen molar-refractivity contribution in [3.05, 3.63) is 59.7 Å². The number of carbonyl (C=O) groups excluding carboxylic acids is 1. The van der Waals surface area contributed by atoms with Crippen LogP contribution in [0.1, 0.15) is 10.4 Å². The van der Waals surface area contributed by atoms with E-state index < -0.39 is 26.6 Å². The molecule has 2 aromatic carbocycles. The minimum absolute atomic E-state index is 0.0325. The molecule has 1 aliphatic rings. The lowest BCUT2D eigenvalue weighted by Gasteiger charge is -2.34. The summed E-state index contributed by atoms with van der Waals surface area (Å²) in [7, 11) is -0.576. The minimum Gasteiger partial charge on any atom is -0.378 e. The number of benzene rings is 2. The van der Waals surface area contributed by atoms with Gasteiger partial charge in [-0.15, -0.1) is 0 Å². The molecule has 9 heteroatoms. The first-order valence-electron chi connectivity index (χ1n) is 8.72. The fourth-order valence-electron chi connectivity index (χ4n) is 3.09. The Morgan fingerprint density at radius 3 is 2.11 bits per heavy atom. The van der Waals surface area contributed by atoms with Crippen molar-refractivity contribution in [2.45, 2.75) is 4.90 Å². The summed E-state index contributed by atoms with van der Waals surface area (Å²) in [5, 5.41) is 0. The molecule has 0 bridgehead atoms. The highest BCUT2D eigenvalue weighted by Crippen LogP contribution is 2.24. The normalized spacial score (nSPS) is 15.5. The Hall–Kier alpha value is -2.52. The van der Waals surface area contributed by atoms with Gasteiger partial charge in [-0.3, -0.25) is 4.79 Å². The molecule has 0 aromatic heterocycles. The summed E-state index contributed by atoms with van der Waals surface area (Å²) in [5.74, 6) is -2.46. The van der Waals surface area contributed by atoms with E-state index in [0.717, 1.165) is 28.2 Å². The largest absolute Gasteiger partial charge is 0.378 e.